The van der Waals surface area contributed by atoms with Gasteiger partial charge in [-0.15, -0.1) is 0 Å². The second kappa shape index (κ2) is 8.30. The van der Waals surface area contributed by atoms with E-state index in [-0.39, 0.29) is 12.4 Å². The van der Waals surface area contributed by atoms with E-state index in [1.54, 1.807) is 31.2 Å². The minimum atomic E-state index is -0.471. The third-order valence-electron chi connectivity index (χ3n) is 4.59. The van der Waals surface area contributed by atoms with Gasteiger partial charge in [0, 0.05) is 11.5 Å². The van der Waals surface area contributed by atoms with Gasteiger partial charge in [-0.05, 0) is 50.5 Å². The molecule has 0 unspecified atom stereocenters. The molecule has 3 atom stereocenters. The van der Waals surface area contributed by atoms with Crippen molar-refractivity contribution in [3.05, 3.63) is 29.8 Å². The molecule has 0 spiro atoms. The fraction of sp³-hybridized carbons (Fsp3) is 0.611. The number of carbonyl (C=O) groups is 1. The van der Waals surface area contributed by atoms with E-state index >= 15 is 0 Å². The molecule has 0 aliphatic heterocycles. The van der Waals surface area contributed by atoms with E-state index in [1.807, 2.05) is 0 Å². The molecule has 0 saturated heterocycles. The molecule has 3 N–H and O–H groups in total. The SMILES string of the molecule is CC(=O)c1ccc(OC[C@@H](O)C[NH2+][C@H]2CCCC[C@@H]2C)cc1. The minimum Gasteiger partial charge on any atom is -0.491 e. The molecule has 0 aromatic heterocycles. The van der Waals surface area contributed by atoms with Gasteiger partial charge in [-0.25, -0.2) is 0 Å². The van der Waals surface area contributed by atoms with Crippen molar-refractivity contribution in [2.45, 2.75) is 51.7 Å². The summed E-state index contributed by atoms with van der Waals surface area (Å²) in [6, 6.07) is 7.69. The number of benzene rings is 1. The largest absolute Gasteiger partial charge is 0.491 e. The van der Waals surface area contributed by atoms with Crippen molar-refractivity contribution in [2.24, 2.45) is 5.92 Å². The first-order valence-electron chi connectivity index (χ1n) is 8.31. The number of hydrogen-bond donors (Lipinski definition) is 2. The van der Waals surface area contributed by atoms with E-state index in [2.05, 4.69) is 12.2 Å². The van der Waals surface area contributed by atoms with Crippen LogP contribution in [0, 0.1) is 5.92 Å². The molecule has 0 amide bonds. The second-order valence-corrected chi connectivity index (χ2v) is 6.44. The summed E-state index contributed by atoms with van der Waals surface area (Å²) in [5.41, 5.74) is 0.674. The highest BCUT2D eigenvalue weighted by molar-refractivity contribution is 5.94. The first-order valence-corrected chi connectivity index (χ1v) is 8.31. The number of carbonyl (C=O) groups excluding carboxylic acids is 1. The van der Waals surface area contributed by atoms with Crippen LogP contribution in [0.5, 0.6) is 5.75 Å². The Balaban J connectivity index is 1.70. The third-order valence-corrected chi connectivity index (χ3v) is 4.59. The normalized spacial score (nSPS) is 23.0. The molecule has 0 bridgehead atoms. The van der Waals surface area contributed by atoms with Crippen LogP contribution in [0.3, 0.4) is 0 Å². The van der Waals surface area contributed by atoms with E-state index < -0.39 is 6.10 Å². The predicted molar refractivity (Wildman–Crippen MR) is 86.2 cm³/mol. The highest BCUT2D eigenvalue weighted by atomic mass is 16.5. The average Bonchev–Trinajstić information content (AvgIpc) is 2.52. The van der Waals surface area contributed by atoms with Crippen molar-refractivity contribution in [3.8, 4) is 5.75 Å². The molecule has 1 aromatic carbocycles. The zero-order valence-electron chi connectivity index (χ0n) is 13.6. The fourth-order valence-electron chi connectivity index (χ4n) is 3.07. The van der Waals surface area contributed by atoms with Crippen LogP contribution < -0.4 is 10.1 Å². The fourth-order valence-corrected chi connectivity index (χ4v) is 3.07. The van der Waals surface area contributed by atoms with Crippen molar-refractivity contribution in [3.63, 3.8) is 0 Å². The lowest BCUT2D eigenvalue weighted by molar-refractivity contribution is -0.703. The molecular formula is C18H28NO3+. The van der Waals surface area contributed by atoms with Gasteiger partial charge in [-0.2, -0.15) is 0 Å². The number of quaternary nitrogens is 1. The Morgan fingerprint density at radius 2 is 2.00 bits per heavy atom. The van der Waals surface area contributed by atoms with Crippen LogP contribution in [-0.4, -0.2) is 36.2 Å². The van der Waals surface area contributed by atoms with Crippen LogP contribution in [0.1, 0.15) is 49.9 Å². The zero-order valence-corrected chi connectivity index (χ0v) is 13.6. The smallest absolute Gasteiger partial charge is 0.159 e. The Morgan fingerprint density at radius 3 is 2.64 bits per heavy atom. The molecular weight excluding hydrogens is 278 g/mol. The lowest BCUT2D eigenvalue weighted by Crippen LogP contribution is -2.93. The van der Waals surface area contributed by atoms with E-state index in [0.717, 1.165) is 5.92 Å². The molecule has 1 aliphatic carbocycles. The predicted octanol–water partition coefficient (Wildman–Crippen LogP) is 1.77. The highest BCUT2D eigenvalue weighted by Gasteiger charge is 2.24. The molecule has 1 fully saturated rings. The molecule has 22 heavy (non-hydrogen) atoms. The topological polar surface area (TPSA) is 63.1 Å². The summed E-state index contributed by atoms with van der Waals surface area (Å²) in [4.78, 5) is 11.2. The number of rotatable bonds is 7. The number of aliphatic hydroxyl groups excluding tert-OH is 1. The zero-order chi connectivity index (χ0) is 15.9. The Morgan fingerprint density at radius 1 is 1.32 bits per heavy atom. The number of ether oxygens (including phenoxy) is 1. The molecule has 1 aliphatic rings. The number of ketones is 1. The molecule has 0 radical (unpaired) electrons. The van der Waals surface area contributed by atoms with E-state index in [1.165, 1.54) is 25.7 Å². The van der Waals surface area contributed by atoms with Gasteiger partial charge in [-0.1, -0.05) is 13.3 Å². The summed E-state index contributed by atoms with van der Waals surface area (Å²) in [6.07, 6.45) is 4.73. The van der Waals surface area contributed by atoms with Crippen molar-refractivity contribution in [2.75, 3.05) is 13.2 Å². The molecule has 1 aromatic rings. The lowest BCUT2D eigenvalue weighted by Gasteiger charge is -2.27. The summed E-state index contributed by atoms with van der Waals surface area (Å²) in [6.45, 7) is 4.82. The molecule has 4 heteroatoms. The van der Waals surface area contributed by atoms with Gasteiger partial charge in [0.05, 0.1) is 6.04 Å². The summed E-state index contributed by atoms with van der Waals surface area (Å²) in [5, 5.41) is 12.3. The van der Waals surface area contributed by atoms with Gasteiger partial charge < -0.3 is 15.2 Å². The van der Waals surface area contributed by atoms with Crippen molar-refractivity contribution in [1.82, 2.24) is 0 Å². The summed E-state index contributed by atoms with van der Waals surface area (Å²) in [7, 11) is 0. The Labute approximate surface area is 132 Å². The van der Waals surface area contributed by atoms with E-state index in [9.17, 15) is 9.90 Å². The first kappa shape index (κ1) is 17.0. The van der Waals surface area contributed by atoms with Crippen molar-refractivity contribution < 1.29 is 20.0 Å². The van der Waals surface area contributed by atoms with Crippen LogP contribution in [0.2, 0.25) is 0 Å². The number of hydrogen-bond acceptors (Lipinski definition) is 3. The van der Waals surface area contributed by atoms with Gasteiger partial charge in [-0.3, -0.25) is 4.79 Å². The lowest BCUT2D eigenvalue weighted by atomic mass is 9.86. The van der Waals surface area contributed by atoms with Crippen LogP contribution in [0.4, 0.5) is 0 Å². The quantitative estimate of drug-likeness (QED) is 0.755. The maximum atomic E-state index is 11.2. The maximum Gasteiger partial charge on any atom is 0.159 e. The standard InChI is InChI=1S/C18H27NO3/c1-13-5-3-4-6-18(13)19-11-16(21)12-22-17-9-7-15(8-10-17)14(2)20/h7-10,13,16,18-19,21H,3-6,11-12H2,1-2H3/p+1/t13-,16-,18-/m0/s1. The Bertz CT molecular complexity index is 472. The van der Waals surface area contributed by atoms with Crippen molar-refractivity contribution in [1.29, 1.82) is 0 Å². The first-order chi connectivity index (χ1) is 10.6. The number of Topliss-reactive ketones (excluding diaryl/α,β-unsaturated/α-hetero) is 1. The van der Waals surface area contributed by atoms with Gasteiger partial charge in [0.1, 0.15) is 25.0 Å². The number of nitrogens with two attached hydrogens (primary N) is 1. The molecule has 2 rings (SSSR count). The Kier molecular flexibility index (Phi) is 6.40. The molecule has 122 valence electrons. The van der Waals surface area contributed by atoms with Crippen LogP contribution >= 0.6 is 0 Å². The highest BCUT2D eigenvalue weighted by Crippen LogP contribution is 2.21. The third kappa shape index (κ3) is 5.11. The van der Waals surface area contributed by atoms with Crippen LogP contribution in [-0.2, 0) is 0 Å². The summed E-state index contributed by atoms with van der Waals surface area (Å²) in [5.74, 6) is 1.47. The van der Waals surface area contributed by atoms with Crippen molar-refractivity contribution >= 4 is 5.78 Å². The van der Waals surface area contributed by atoms with E-state index in [0.29, 0.717) is 23.9 Å². The maximum absolute atomic E-state index is 11.2. The average molecular weight is 306 g/mol. The van der Waals surface area contributed by atoms with Crippen LogP contribution in [0.15, 0.2) is 24.3 Å². The van der Waals surface area contributed by atoms with Gasteiger partial charge in [0.2, 0.25) is 0 Å². The summed E-state index contributed by atoms with van der Waals surface area (Å²) < 4.78 is 5.59. The monoisotopic (exact) mass is 306 g/mol. The second-order valence-electron chi connectivity index (χ2n) is 6.44. The van der Waals surface area contributed by atoms with Gasteiger partial charge >= 0.3 is 0 Å². The number of aliphatic hydroxyl groups is 1. The molecule has 1 saturated carbocycles. The Hall–Kier alpha value is -1.39. The summed E-state index contributed by atoms with van der Waals surface area (Å²) >= 11 is 0. The molecule has 0 heterocycles. The van der Waals surface area contributed by atoms with Gasteiger partial charge in [0.25, 0.3) is 0 Å². The minimum absolute atomic E-state index is 0.0442. The van der Waals surface area contributed by atoms with Gasteiger partial charge in [0.15, 0.2) is 5.78 Å². The van der Waals surface area contributed by atoms with Crippen LogP contribution in [0.25, 0.3) is 0 Å². The van der Waals surface area contributed by atoms with E-state index in [4.69, 9.17) is 4.74 Å². The molecule has 4 nitrogen and oxygen atoms in total.